The van der Waals surface area contributed by atoms with Gasteiger partial charge in [-0.05, 0) is 43.6 Å². The summed E-state index contributed by atoms with van der Waals surface area (Å²) in [6, 6.07) is 11.4. The van der Waals surface area contributed by atoms with Crippen LogP contribution in [0, 0.1) is 12.7 Å². The summed E-state index contributed by atoms with van der Waals surface area (Å²) in [5, 5.41) is 24.2. The maximum Gasteiger partial charge on any atom is 0.448 e. The van der Waals surface area contributed by atoms with Crippen LogP contribution in [-0.4, -0.2) is 22.3 Å². The lowest BCUT2D eigenvalue weighted by Crippen LogP contribution is -2.00. The van der Waals surface area contributed by atoms with Gasteiger partial charge in [0.15, 0.2) is 0 Å². The van der Waals surface area contributed by atoms with Crippen molar-refractivity contribution < 1.29 is 19.5 Å². The van der Waals surface area contributed by atoms with Gasteiger partial charge in [0.1, 0.15) is 11.6 Å². The zero-order valence-electron chi connectivity index (χ0n) is 12.6. The highest BCUT2D eigenvalue weighted by atomic mass is 32.1. The van der Waals surface area contributed by atoms with E-state index in [0.717, 1.165) is 16.0 Å². The maximum absolute atomic E-state index is 12.1. The monoisotopic (exact) mass is 322 g/mol. The lowest BCUT2D eigenvalue weighted by Gasteiger charge is -1.97. The number of aryl methyl sites for hydroxylation is 1. The van der Waals surface area contributed by atoms with Gasteiger partial charge < -0.3 is 15.2 Å². The van der Waals surface area contributed by atoms with Gasteiger partial charge in [-0.2, -0.15) is 0 Å². The minimum absolute atomic E-state index is 0.171. The Morgan fingerprint density at radius 3 is 2.00 bits per heavy atom. The quantitative estimate of drug-likeness (QED) is 0.480. The number of halogens is 1. The molecule has 0 heterocycles. The highest BCUT2D eigenvalue weighted by molar-refractivity contribution is 7.80. The standard InChI is InChI=1S/C8H8OS.C7H7F.CH5BO2/c1-2-6-3-4-7(9)5-8(6)10;1-6-2-4-7(8)5-3-6;1-2(3)4/h2-5,9-10H,1H2;2-5H,1H3;3-4H,1H3. The van der Waals surface area contributed by atoms with Crippen molar-refractivity contribution >= 4 is 25.8 Å². The Balaban J connectivity index is 0.000000330. The van der Waals surface area contributed by atoms with Crippen LogP contribution in [0.15, 0.2) is 53.9 Å². The summed E-state index contributed by atoms with van der Waals surface area (Å²) in [5.74, 6) is 0.0613. The van der Waals surface area contributed by atoms with Gasteiger partial charge in [0.05, 0.1) is 0 Å². The summed E-state index contributed by atoms with van der Waals surface area (Å²) in [5.41, 5.74) is 2.02. The molecule has 0 fully saturated rings. The molecule has 0 spiro atoms. The van der Waals surface area contributed by atoms with E-state index in [0.29, 0.717) is 0 Å². The SMILES string of the molecule is C=Cc1ccc(O)cc1S.CB(O)O.Cc1ccc(F)cc1. The molecule has 22 heavy (non-hydrogen) atoms. The Kier molecular flexibility index (Phi) is 10.0. The molecule has 6 heteroatoms. The number of phenolic OH excluding ortho intramolecular Hbond substituents is 1. The van der Waals surface area contributed by atoms with E-state index in [1.54, 1.807) is 36.4 Å². The van der Waals surface area contributed by atoms with Gasteiger partial charge in [0.2, 0.25) is 0 Å². The van der Waals surface area contributed by atoms with Crippen LogP contribution >= 0.6 is 12.6 Å². The first-order chi connectivity index (χ1) is 10.3. The summed E-state index contributed by atoms with van der Waals surface area (Å²) in [6.45, 7) is 6.80. The summed E-state index contributed by atoms with van der Waals surface area (Å²) in [4.78, 5) is 0.745. The Hall–Kier alpha value is -1.76. The van der Waals surface area contributed by atoms with Crippen LogP contribution in [0.1, 0.15) is 11.1 Å². The normalized spacial score (nSPS) is 8.82. The topological polar surface area (TPSA) is 60.7 Å². The molecular weight excluding hydrogens is 302 g/mol. The second-order valence-electron chi connectivity index (χ2n) is 4.37. The zero-order valence-corrected chi connectivity index (χ0v) is 13.5. The van der Waals surface area contributed by atoms with E-state index in [4.69, 9.17) is 15.2 Å². The molecule has 2 rings (SSSR count). The molecule has 0 aromatic heterocycles. The van der Waals surface area contributed by atoms with E-state index < -0.39 is 7.12 Å². The molecule has 0 aliphatic carbocycles. The van der Waals surface area contributed by atoms with Gasteiger partial charge in [-0.25, -0.2) is 4.39 Å². The summed E-state index contributed by atoms with van der Waals surface area (Å²) >= 11 is 4.12. The van der Waals surface area contributed by atoms with E-state index in [-0.39, 0.29) is 11.6 Å². The van der Waals surface area contributed by atoms with Crippen LogP contribution in [0.5, 0.6) is 5.75 Å². The van der Waals surface area contributed by atoms with Crippen molar-refractivity contribution in [1.29, 1.82) is 0 Å². The van der Waals surface area contributed by atoms with Crippen LogP contribution < -0.4 is 0 Å². The van der Waals surface area contributed by atoms with E-state index in [1.807, 2.05) is 6.92 Å². The largest absolute Gasteiger partial charge is 0.508 e. The molecule has 0 aliphatic heterocycles. The lowest BCUT2D eigenvalue weighted by atomic mass is 9.99. The third-order valence-electron chi connectivity index (χ3n) is 2.24. The number of rotatable bonds is 1. The van der Waals surface area contributed by atoms with Crippen LogP contribution in [-0.2, 0) is 0 Å². The van der Waals surface area contributed by atoms with Crippen molar-refractivity contribution in [3.8, 4) is 5.75 Å². The van der Waals surface area contributed by atoms with Gasteiger partial charge in [0.25, 0.3) is 0 Å². The van der Waals surface area contributed by atoms with Crippen LogP contribution in [0.25, 0.3) is 6.08 Å². The Bertz CT molecular complexity index is 550. The van der Waals surface area contributed by atoms with Gasteiger partial charge in [0, 0.05) is 4.90 Å². The second-order valence-corrected chi connectivity index (χ2v) is 4.86. The van der Waals surface area contributed by atoms with Crippen molar-refractivity contribution in [2.45, 2.75) is 18.6 Å². The van der Waals surface area contributed by atoms with Crippen molar-refractivity contribution in [2.75, 3.05) is 0 Å². The first-order valence-corrected chi connectivity index (χ1v) is 6.93. The molecule has 0 saturated carbocycles. The molecule has 0 atom stereocenters. The summed E-state index contributed by atoms with van der Waals surface area (Å²) in [6.07, 6.45) is 1.70. The Labute approximate surface area is 136 Å². The predicted octanol–water partition coefficient (Wildman–Crippen LogP) is 3.55. The van der Waals surface area contributed by atoms with Crippen molar-refractivity contribution in [3.05, 3.63) is 66.0 Å². The van der Waals surface area contributed by atoms with Crippen LogP contribution in [0.2, 0.25) is 6.82 Å². The van der Waals surface area contributed by atoms with Crippen LogP contribution in [0.3, 0.4) is 0 Å². The molecule has 0 saturated heterocycles. The van der Waals surface area contributed by atoms with E-state index in [1.165, 1.54) is 19.0 Å². The van der Waals surface area contributed by atoms with Gasteiger partial charge in [-0.15, -0.1) is 12.6 Å². The number of benzene rings is 2. The van der Waals surface area contributed by atoms with Crippen molar-refractivity contribution in [1.82, 2.24) is 0 Å². The summed E-state index contributed by atoms with van der Waals surface area (Å²) in [7, 11) is -1.17. The second kappa shape index (κ2) is 10.9. The van der Waals surface area contributed by atoms with Crippen molar-refractivity contribution in [3.63, 3.8) is 0 Å². The average molecular weight is 322 g/mol. The van der Waals surface area contributed by atoms with Gasteiger partial charge in [-0.3, -0.25) is 0 Å². The third kappa shape index (κ3) is 10.0. The fourth-order valence-electron chi connectivity index (χ4n) is 1.24. The zero-order chi connectivity index (χ0) is 17.1. The van der Waals surface area contributed by atoms with Gasteiger partial charge >= 0.3 is 7.12 Å². The molecule has 0 amide bonds. The molecule has 3 N–H and O–H groups in total. The number of thiol groups is 1. The lowest BCUT2D eigenvalue weighted by molar-refractivity contribution is 0.417. The number of hydrogen-bond acceptors (Lipinski definition) is 4. The Morgan fingerprint density at radius 1 is 1.14 bits per heavy atom. The molecule has 2 aromatic carbocycles. The van der Waals surface area contributed by atoms with Gasteiger partial charge in [-0.1, -0.05) is 36.4 Å². The molecule has 0 aliphatic rings. The highest BCUT2D eigenvalue weighted by Crippen LogP contribution is 2.20. The van der Waals surface area contributed by atoms with E-state index in [9.17, 15) is 4.39 Å². The molecule has 0 bridgehead atoms. The van der Waals surface area contributed by atoms with Crippen LogP contribution in [0.4, 0.5) is 4.39 Å². The average Bonchev–Trinajstić information content (AvgIpc) is 2.42. The fourth-order valence-corrected chi connectivity index (χ4v) is 1.54. The molecule has 0 radical (unpaired) electrons. The highest BCUT2D eigenvalue weighted by Gasteiger charge is 1.93. The molecular formula is C16H20BFO3S. The van der Waals surface area contributed by atoms with E-state index >= 15 is 0 Å². The predicted molar refractivity (Wildman–Crippen MR) is 92.6 cm³/mol. The first-order valence-electron chi connectivity index (χ1n) is 6.49. The third-order valence-corrected chi connectivity index (χ3v) is 2.63. The summed E-state index contributed by atoms with van der Waals surface area (Å²) < 4.78 is 12.1. The smallest absolute Gasteiger partial charge is 0.448 e. The minimum Gasteiger partial charge on any atom is -0.508 e. The molecule has 3 nitrogen and oxygen atoms in total. The molecule has 118 valence electrons. The van der Waals surface area contributed by atoms with E-state index in [2.05, 4.69) is 19.2 Å². The Morgan fingerprint density at radius 2 is 1.64 bits per heavy atom. The first kappa shape index (κ1) is 20.2. The molecule has 0 unspecified atom stereocenters. The molecule has 2 aromatic rings. The number of phenols is 1. The number of aromatic hydroxyl groups is 1. The van der Waals surface area contributed by atoms with Crippen molar-refractivity contribution in [2.24, 2.45) is 0 Å². The minimum atomic E-state index is -1.17. The fraction of sp³-hybridized carbons (Fsp3) is 0.125. The number of hydrogen-bond donors (Lipinski definition) is 4. The maximum atomic E-state index is 12.1.